The Hall–Kier alpha value is -1.43. The summed E-state index contributed by atoms with van der Waals surface area (Å²) in [5.74, 6) is 3.70. The smallest absolute Gasteiger partial charge is 0.234 e. The molecule has 1 aromatic rings. The number of nitrogens with zero attached hydrogens (tertiary/aromatic N) is 4. The molecule has 4 unspecified atom stereocenters. The highest BCUT2D eigenvalue weighted by Crippen LogP contribution is 2.32. The van der Waals surface area contributed by atoms with E-state index in [9.17, 15) is 4.79 Å². The van der Waals surface area contributed by atoms with Crippen LogP contribution in [-0.2, 0) is 17.8 Å². The summed E-state index contributed by atoms with van der Waals surface area (Å²) in [6.45, 7) is 7.11. The fraction of sp³-hybridized carbons (Fsp3) is 0.857. The molecule has 150 valence electrons. The largest absolute Gasteiger partial charge is 0.352 e. The summed E-state index contributed by atoms with van der Waals surface area (Å²) in [5, 5.41) is 12.4. The summed E-state index contributed by atoms with van der Waals surface area (Å²) in [4.78, 5) is 15.1. The highest BCUT2D eigenvalue weighted by atomic mass is 16.2. The summed E-state index contributed by atoms with van der Waals surface area (Å²) in [7, 11) is 0. The fourth-order valence-electron chi connectivity index (χ4n) is 5.28. The Morgan fingerprint density at radius 3 is 2.81 bits per heavy atom. The molecule has 0 radical (unpaired) electrons. The number of fused-ring (bicyclic) bond motifs is 1. The molecule has 27 heavy (non-hydrogen) atoms. The third-order valence-corrected chi connectivity index (χ3v) is 7.20. The maximum Gasteiger partial charge on any atom is 0.234 e. The Bertz CT molecular complexity index is 657. The van der Waals surface area contributed by atoms with Crippen molar-refractivity contribution in [2.24, 2.45) is 11.8 Å². The highest BCUT2D eigenvalue weighted by molar-refractivity contribution is 5.78. The SMILES string of the molecule is CC1CCCC(NC(=O)CN2CCCC2c2nnc3n2CCCCC3)C1C. The lowest BCUT2D eigenvalue weighted by Gasteiger charge is -2.35. The number of aryl methyl sites for hydroxylation is 1. The van der Waals surface area contributed by atoms with Gasteiger partial charge in [-0.15, -0.1) is 10.2 Å². The maximum absolute atomic E-state index is 12.8. The van der Waals surface area contributed by atoms with Crippen LogP contribution in [0.2, 0.25) is 0 Å². The Balaban J connectivity index is 1.40. The van der Waals surface area contributed by atoms with E-state index in [1.807, 2.05) is 0 Å². The number of rotatable bonds is 4. The molecule has 6 heteroatoms. The topological polar surface area (TPSA) is 63.1 Å². The number of hydrogen-bond acceptors (Lipinski definition) is 4. The van der Waals surface area contributed by atoms with Gasteiger partial charge in [0.1, 0.15) is 11.6 Å². The first kappa shape index (κ1) is 18.9. The van der Waals surface area contributed by atoms with Crippen LogP contribution in [0.5, 0.6) is 0 Å². The van der Waals surface area contributed by atoms with Gasteiger partial charge in [0.2, 0.25) is 5.91 Å². The van der Waals surface area contributed by atoms with E-state index in [2.05, 4.69) is 38.8 Å². The minimum atomic E-state index is 0.184. The van der Waals surface area contributed by atoms with Gasteiger partial charge in [-0.3, -0.25) is 9.69 Å². The monoisotopic (exact) mass is 373 g/mol. The Morgan fingerprint density at radius 1 is 1.04 bits per heavy atom. The van der Waals surface area contributed by atoms with Crippen molar-refractivity contribution in [3.8, 4) is 0 Å². The number of nitrogens with one attached hydrogen (secondary N) is 1. The van der Waals surface area contributed by atoms with Gasteiger partial charge in [0.05, 0.1) is 12.6 Å². The lowest BCUT2D eigenvalue weighted by molar-refractivity contribution is -0.124. The predicted octanol–water partition coefficient (Wildman–Crippen LogP) is 3.08. The fourth-order valence-corrected chi connectivity index (χ4v) is 5.28. The van der Waals surface area contributed by atoms with E-state index in [1.165, 1.54) is 32.1 Å². The van der Waals surface area contributed by atoms with Gasteiger partial charge < -0.3 is 9.88 Å². The average molecular weight is 374 g/mol. The molecule has 1 aliphatic carbocycles. The van der Waals surface area contributed by atoms with Gasteiger partial charge in [-0.25, -0.2) is 0 Å². The molecule has 0 bridgehead atoms. The van der Waals surface area contributed by atoms with Gasteiger partial charge in [-0.05, 0) is 50.5 Å². The molecule has 1 amide bonds. The highest BCUT2D eigenvalue weighted by Gasteiger charge is 2.34. The molecule has 1 aromatic heterocycles. The van der Waals surface area contributed by atoms with E-state index >= 15 is 0 Å². The third kappa shape index (κ3) is 4.05. The normalized spacial score (nSPS) is 32.1. The Morgan fingerprint density at radius 2 is 1.93 bits per heavy atom. The van der Waals surface area contributed by atoms with Crippen molar-refractivity contribution in [3.05, 3.63) is 11.6 Å². The van der Waals surface area contributed by atoms with Crippen molar-refractivity contribution >= 4 is 5.91 Å². The summed E-state index contributed by atoms with van der Waals surface area (Å²) in [6, 6.07) is 0.587. The second-order valence-corrected chi connectivity index (χ2v) is 9.01. The van der Waals surface area contributed by atoms with E-state index in [4.69, 9.17) is 0 Å². The van der Waals surface area contributed by atoms with Gasteiger partial charge in [-0.1, -0.05) is 33.1 Å². The number of aromatic nitrogens is 3. The Labute approximate surface area is 163 Å². The van der Waals surface area contributed by atoms with Crippen LogP contribution in [0.25, 0.3) is 0 Å². The minimum Gasteiger partial charge on any atom is -0.352 e. The van der Waals surface area contributed by atoms with Crippen molar-refractivity contribution < 1.29 is 4.79 Å². The van der Waals surface area contributed by atoms with Gasteiger partial charge >= 0.3 is 0 Å². The van der Waals surface area contributed by atoms with Crippen molar-refractivity contribution in [3.63, 3.8) is 0 Å². The molecule has 2 fully saturated rings. The van der Waals surface area contributed by atoms with Crippen LogP contribution < -0.4 is 5.32 Å². The van der Waals surface area contributed by atoms with Crippen LogP contribution >= 0.6 is 0 Å². The van der Waals surface area contributed by atoms with Gasteiger partial charge in [-0.2, -0.15) is 0 Å². The Kier molecular flexibility index (Phi) is 5.81. The van der Waals surface area contributed by atoms with Crippen molar-refractivity contribution in [2.45, 2.75) is 90.3 Å². The number of amides is 1. The summed E-state index contributed by atoms with van der Waals surface area (Å²) in [6.07, 6.45) is 10.6. The third-order valence-electron chi connectivity index (χ3n) is 7.20. The lowest BCUT2D eigenvalue weighted by atomic mass is 9.78. The van der Waals surface area contributed by atoms with Crippen LogP contribution in [0.4, 0.5) is 0 Å². The second-order valence-electron chi connectivity index (χ2n) is 9.01. The molecule has 0 spiro atoms. The molecule has 2 aliphatic heterocycles. The lowest BCUT2D eigenvalue weighted by Crippen LogP contribution is -2.47. The minimum absolute atomic E-state index is 0.184. The van der Waals surface area contributed by atoms with E-state index in [1.54, 1.807) is 0 Å². The number of carbonyl (C=O) groups is 1. The maximum atomic E-state index is 12.8. The molecular weight excluding hydrogens is 338 g/mol. The molecule has 3 aliphatic rings. The summed E-state index contributed by atoms with van der Waals surface area (Å²) < 4.78 is 2.35. The first-order valence-electron chi connectivity index (χ1n) is 11.1. The number of likely N-dealkylation sites (tertiary alicyclic amines) is 1. The quantitative estimate of drug-likeness (QED) is 0.881. The molecule has 1 saturated carbocycles. The van der Waals surface area contributed by atoms with Crippen molar-refractivity contribution in [1.82, 2.24) is 25.0 Å². The zero-order valence-electron chi connectivity index (χ0n) is 17.0. The van der Waals surface area contributed by atoms with Crippen LogP contribution in [-0.4, -0.2) is 44.7 Å². The standard InChI is InChI=1S/C21H35N5O/c1-15-8-6-9-17(16(15)2)22-20(27)14-25-12-7-10-18(25)21-24-23-19-11-4-3-5-13-26(19)21/h15-18H,3-14H2,1-2H3,(H,22,27). The molecule has 1 saturated heterocycles. The average Bonchev–Trinajstić information content (AvgIpc) is 3.18. The molecule has 4 rings (SSSR count). The van der Waals surface area contributed by atoms with Gasteiger partial charge in [0.25, 0.3) is 0 Å². The van der Waals surface area contributed by atoms with Gasteiger partial charge in [0.15, 0.2) is 0 Å². The first-order chi connectivity index (χ1) is 13.1. The summed E-state index contributed by atoms with van der Waals surface area (Å²) >= 11 is 0. The molecule has 0 aromatic carbocycles. The zero-order valence-corrected chi connectivity index (χ0v) is 17.0. The van der Waals surface area contributed by atoms with Gasteiger partial charge in [0, 0.05) is 19.0 Å². The van der Waals surface area contributed by atoms with Crippen molar-refractivity contribution in [2.75, 3.05) is 13.1 Å². The number of hydrogen-bond donors (Lipinski definition) is 1. The molecule has 4 atom stereocenters. The van der Waals surface area contributed by atoms with E-state index in [0.29, 0.717) is 24.4 Å². The van der Waals surface area contributed by atoms with Crippen molar-refractivity contribution in [1.29, 1.82) is 0 Å². The van der Waals surface area contributed by atoms with E-state index < -0.39 is 0 Å². The van der Waals surface area contributed by atoms with Crippen LogP contribution in [0.3, 0.4) is 0 Å². The summed E-state index contributed by atoms with van der Waals surface area (Å²) in [5.41, 5.74) is 0. The second kappa shape index (κ2) is 8.29. The van der Waals surface area contributed by atoms with Crippen LogP contribution in [0.1, 0.15) is 82.9 Å². The molecule has 3 heterocycles. The van der Waals surface area contributed by atoms with Crippen LogP contribution in [0, 0.1) is 11.8 Å². The van der Waals surface area contributed by atoms with E-state index in [-0.39, 0.29) is 11.9 Å². The van der Waals surface area contributed by atoms with Crippen LogP contribution in [0.15, 0.2) is 0 Å². The first-order valence-corrected chi connectivity index (χ1v) is 11.1. The molecule has 1 N–H and O–H groups in total. The predicted molar refractivity (Wildman–Crippen MR) is 105 cm³/mol. The van der Waals surface area contributed by atoms with E-state index in [0.717, 1.165) is 50.4 Å². The molecule has 6 nitrogen and oxygen atoms in total. The molecular formula is C21H35N5O. The zero-order chi connectivity index (χ0) is 18.8. The number of carbonyl (C=O) groups excluding carboxylic acids is 1.